The summed E-state index contributed by atoms with van der Waals surface area (Å²) < 4.78 is 16.5. The van der Waals surface area contributed by atoms with Crippen molar-refractivity contribution >= 4 is 5.69 Å². The maximum absolute atomic E-state index is 5.82. The molecule has 1 unspecified atom stereocenters. The van der Waals surface area contributed by atoms with Crippen LogP contribution in [0.4, 0.5) is 5.69 Å². The minimum absolute atomic E-state index is 0.206. The van der Waals surface area contributed by atoms with Crippen molar-refractivity contribution in [1.29, 1.82) is 0 Å². The van der Waals surface area contributed by atoms with Crippen LogP contribution in [0, 0.1) is 0 Å². The van der Waals surface area contributed by atoms with Crippen LogP contribution in [0.25, 0.3) is 0 Å². The van der Waals surface area contributed by atoms with Gasteiger partial charge in [-0.25, -0.2) is 0 Å². The molecule has 1 heterocycles. The van der Waals surface area contributed by atoms with Crippen molar-refractivity contribution in [2.75, 3.05) is 25.3 Å². The Bertz CT molecular complexity index is 553. The number of ether oxygens (including phenoxy) is 3. The average Bonchev–Trinajstić information content (AvgIpc) is 2.55. The standard InChI is InChI=1S/C17H19NO3/c1-2-6-15(7-3-1)21-16-8-4-5-14(11-16)18-12-17-9-10-19-13-20-17/h1-8,11,17-18H,9-10,12-13H2. The van der Waals surface area contributed by atoms with Gasteiger partial charge in [-0.1, -0.05) is 24.3 Å². The zero-order valence-electron chi connectivity index (χ0n) is 11.8. The molecule has 2 aromatic carbocycles. The summed E-state index contributed by atoms with van der Waals surface area (Å²) in [6.45, 7) is 1.94. The van der Waals surface area contributed by atoms with E-state index in [4.69, 9.17) is 14.2 Å². The lowest BCUT2D eigenvalue weighted by Crippen LogP contribution is -2.30. The lowest BCUT2D eigenvalue weighted by atomic mass is 10.2. The van der Waals surface area contributed by atoms with Gasteiger partial charge in [0, 0.05) is 18.3 Å². The third kappa shape index (κ3) is 4.21. The molecule has 4 heteroatoms. The number of rotatable bonds is 5. The molecule has 4 nitrogen and oxygen atoms in total. The minimum Gasteiger partial charge on any atom is -0.457 e. The number of anilines is 1. The number of hydrogen-bond donors (Lipinski definition) is 1. The molecule has 0 radical (unpaired) electrons. The molecule has 0 saturated carbocycles. The molecular weight excluding hydrogens is 266 g/mol. The fraction of sp³-hybridized carbons (Fsp3) is 0.294. The summed E-state index contributed by atoms with van der Waals surface area (Å²) in [5.41, 5.74) is 1.03. The normalized spacial score (nSPS) is 18.2. The molecule has 1 aliphatic rings. The van der Waals surface area contributed by atoms with Gasteiger partial charge in [-0.15, -0.1) is 0 Å². The highest BCUT2D eigenvalue weighted by Gasteiger charge is 2.13. The molecule has 0 bridgehead atoms. The molecule has 1 fully saturated rings. The van der Waals surface area contributed by atoms with E-state index in [1.807, 2.05) is 54.6 Å². The zero-order valence-corrected chi connectivity index (χ0v) is 11.8. The van der Waals surface area contributed by atoms with Crippen molar-refractivity contribution in [3.63, 3.8) is 0 Å². The van der Waals surface area contributed by atoms with Crippen molar-refractivity contribution in [3.05, 3.63) is 54.6 Å². The van der Waals surface area contributed by atoms with E-state index < -0.39 is 0 Å². The van der Waals surface area contributed by atoms with Crippen LogP contribution in [-0.2, 0) is 9.47 Å². The van der Waals surface area contributed by atoms with Crippen LogP contribution in [0.5, 0.6) is 11.5 Å². The second-order valence-electron chi connectivity index (χ2n) is 4.93. The summed E-state index contributed by atoms with van der Waals surface area (Å²) in [6.07, 6.45) is 1.13. The summed E-state index contributed by atoms with van der Waals surface area (Å²) >= 11 is 0. The van der Waals surface area contributed by atoms with E-state index >= 15 is 0 Å². The summed E-state index contributed by atoms with van der Waals surface area (Å²) in [4.78, 5) is 0. The highest BCUT2D eigenvalue weighted by Crippen LogP contribution is 2.24. The van der Waals surface area contributed by atoms with Gasteiger partial charge in [-0.05, 0) is 30.7 Å². The minimum atomic E-state index is 0.206. The third-order valence-corrected chi connectivity index (χ3v) is 3.32. The number of nitrogens with one attached hydrogen (secondary N) is 1. The molecule has 21 heavy (non-hydrogen) atoms. The molecule has 3 rings (SSSR count). The quantitative estimate of drug-likeness (QED) is 0.910. The molecule has 0 spiro atoms. The smallest absolute Gasteiger partial charge is 0.147 e. The van der Waals surface area contributed by atoms with Crippen molar-refractivity contribution in [1.82, 2.24) is 0 Å². The maximum atomic E-state index is 5.82. The zero-order chi connectivity index (χ0) is 14.3. The summed E-state index contributed by atoms with van der Waals surface area (Å²) in [5.74, 6) is 1.65. The first-order valence-corrected chi connectivity index (χ1v) is 7.16. The average molecular weight is 285 g/mol. The van der Waals surface area contributed by atoms with Crippen LogP contribution in [0.3, 0.4) is 0 Å². The molecular formula is C17H19NO3. The van der Waals surface area contributed by atoms with E-state index in [0.717, 1.165) is 36.8 Å². The predicted octanol–water partition coefficient (Wildman–Crippen LogP) is 3.65. The SMILES string of the molecule is c1ccc(Oc2cccc(NCC3CCOCO3)c2)cc1. The van der Waals surface area contributed by atoms with Gasteiger partial charge in [0.05, 0.1) is 12.7 Å². The van der Waals surface area contributed by atoms with Gasteiger partial charge in [-0.2, -0.15) is 0 Å². The Balaban J connectivity index is 1.57. The first-order valence-electron chi connectivity index (χ1n) is 7.16. The predicted molar refractivity (Wildman–Crippen MR) is 81.8 cm³/mol. The van der Waals surface area contributed by atoms with Gasteiger partial charge in [0.1, 0.15) is 18.3 Å². The van der Waals surface area contributed by atoms with Gasteiger partial charge in [-0.3, -0.25) is 0 Å². The van der Waals surface area contributed by atoms with Crippen LogP contribution in [0.15, 0.2) is 54.6 Å². The molecule has 2 aromatic rings. The first kappa shape index (κ1) is 13.9. The van der Waals surface area contributed by atoms with E-state index in [9.17, 15) is 0 Å². The second-order valence-corrected chi connectivity index (χ2v) is 4.93. The first-order chi connectivity index (χ1) is 10.4. The van der Waals surface area contributed by atoms with Crippen molar-refractivity contribution in [2.24, 2.45) is 0 Å². The van der Waals surface area contributed by atoms with Crippen LogP contribution >= 0.6 is 0 Å². The fourth-order valence-corrected chi connectivity index (χ4v) is 2.19. The highest BCUT2D eigenvalue weighted by atomic mass is 16.7. The second kappa shape index (κ2) is 7.11. The van der Waals surface area contributed by atoms with E-state index in [1.54, 1.807) is 0 Å². The monoisotopic (exact) mass is 285 g/mol. The largest absolute Gasteiger partial charge is 0.457 e. The van der Waals surface area contributed by atoms with Gasteiger partial charge >= 0.3 is 0 Å². The van der Waals surface area contributed by atoms with Crippen LogP contribution < -0.4 is 10.1 Å². The van der Waals surface area contributed by atoms with E-state index in [2.05, 4.69) is 5.32 Å². The van der Waals surface area contributed by atoms with E-state index in [0.29, 0.717) is 6.79 Å². The molecule has 110 valence electrons. The van der Waals surface area contributed by atoms with Crippen LogP contribution in [0.1, 0.15) is 6.42 Å². The number of hydrogen-bond acceptors (Lipinski definition) is 4. The van der Waals surface area contributed by atoms with Crippen molar-refractivity contribution < 1.29 is 14.2 Å². The molecule has 1 N–H and O–H groups in total. The van der Waals surface area contributed by atoms with Crippen molar-refractivity contribution in [3.8, 4) is 11.5 Å². The van der Waals surface area contributed by atoms with E-state index in [1.165, 1.54) is 0 Å². The number of benzene rings is 2. The Hall–Kier alpha value is -2.04. The van der Waals surface area contributed by atoms with Gasteiger partial charge in [0.25, 0.3) is 0 Å². The third-order valence-electron chi connectivity index (χ3n) is 3.32. The number of para-hydroxylation sites is 1. The topological polar surface area (TPSA) is 39.7 Å². The molecule has 0 amide bonds. The lowest BCUT2D eigenvalue weighted by molar-refractivity contribution is -0.133. The Morgan fingerprint density at radius 3 is 2.71 bits per heavy atom. The van der Waals surface area contributed by atoms with E-state index in [-0.39, 0.29) is 6.10 Å². The molecule has 0 aliphatic carbocycles. The molecule has 0 aromatic heterocycles. The van der Waals surface area contributed by atoms with Gasteiger partial charge in [0.2, 0.25) is 0 Å². The Morgan fingerprint density at radius 1 is 1.05 bits per heavy atom. The summed E-state index contributed by atoms with van der Waals surface area (Å²) in [5, 5.41) is 3.38. The Morgan fingerprint density at radius 2 is 1.90 bits per heavy atom. The Kier molecular flexibility index (Phi) is 4.71. The van der Waals surface area contributed by atoms with Crippen LogP contribution in [-0.4, -0.2) is 26.0 Å². The molecule has 1 saturated heterocycles. The van der Waals surface area contributed by atoms with Crippen LogP contribution in [0.2, 0.25) is 0 Å². The maximum Gasteiger partial charge on any atom is 0.147 e. The summed E-state index contributed by atoms with van der Waals surface area (Å²) in [6, 6.07) is 17.7. The molecule has 1 aliphatic heterocycles. The van der Waals surface area contributed by atoms with Gasteiger partial charge in [0.15, 0.2) is 0 Å². The Labute approximate surface area is 124 Å². The highest BCUT2D eigenvalue weighted by molar-refractivity contribution is 5.49. The lowest BCUT2D eigenvalue weighted by Gasteiger charge is -2.23. The molecule has 1 atom stereocenters. The van der Waals surface area contributed by atoms with Crippen molar-refractivity contribution in [2.45, 2.75) is 12.5 Å². The van der Waals surface area contributed by atoms with Gasteiger partial charge < -0.3 is 19.5 Å². The fourth-order valence-electron chi connectivity index (χ4n) is 2.19. The summed E-state index contributed by atoms with van der Waals surface area (Å²) in [7, 11) is 0.